The minimum atomic E-state index is 0.855. The summed E-state index contributed by atoms with van der Waals surface area (Å²) < 4.78 is 7.37. The van der Waals surface area contributed by atoms with Crippen molar-refractivity contribution >= 4 is 5.96 Å². The molecule has 2 N–H and O–H groups in total. The van der Waals surface area contributed by atoms with Crippen LogP contribution in [-0.4, -0.2) is 78.1 Å². The van der Waals surface area contributed by atoms with Crippen molar-refractivity contribution in [2.24, 2.45) is 4.99 Å². The van der Waals surface area contributed by atoms with Gasteiger partial charge >= 0.3 is 0 Å². The third-order valence-electron chi connectivity index (χ3n) is 3.95. The van der Waals surface area contributed by atoms with Gasteiger partial charge < -0.3 is 19.9 Å². The summed E-state index contributed by atoms with van der Waals surface area (Å²) in [5, 5.41) is 14.3. The van der Waals surface area contributed by atoms with Crippen molar-refractivity contribution in [3.05, 3.63) is 12.7 Å². The molecular weight excluding hydrogens is 306 g/mol. The highest BCUT2D eigenvalue weighted by molar-refractivity contribution is 5.79. The van der Waals surface area contributed by atoms with Gasteiger partial charge in [-0.05, 0) is 26.2 Å². The first-order chi connectivity index (χ1) is 11.9. The molecule has 24 heavy (non-hydrogen) atoms. The van der Waals surface area contributed by atoms with Gasteiger partial charge in [0.2, 0.25) is 0 Å². The standard InChI is InChI=1S/C16H31N7O/c1-2-17-16(18-6-3-4-8-23-14-20-21-15-23)19-7-5-9-22-10-12-24-13-11-22/h14-15H,2-13H2,1H3,(H2,17,18,19). The van der Waals surface area contributed by atoms with E-state index >= 15 is 0 Å². The van der Waals surface area contributed by atoms with Crippen molar-refractivity contribution in [3.63, 3.8) is 0 Å². The third-order valence-corrected chi connectivity index (χ3v) is 3.95. The number of ether oxygens (including phenoxy) is 1. The van der Waals surface area contributed by atoms with E-state index in [0.29, 0.717) is 0 Å². The van der Waals surface area contributed by atoms with Gasteiger partial charge in [-0.3, -0.25) is 9.89 Å². The lowest BCUT2D eigenvalue weighted by Crippen LogP contribution is -2.38. The van der Waals surface area contributed by atoms with Crippen molar-refractivity contribution in [1.29, 1.82) is 0 Å². The second-order valence-corrected chi connectivity index (χ2v) is 5.90. The molecule has 8 heteroatoms. The van der Waals surface area contributed by atoms with E-state index in [9.17, 15) is 0 Å². The molecule has 0 radical (unpaired) electrons. The maximum atomic E-state index is 5.37. The quantitative estimate of drug-likeness (QED) is 0.364. The molecule has 136 valence electrons. The van der Waals surface area contributed by atoms with Crippen molar-refractivity contribution < 1.29 is 4.74 Å². The molecule has 1 aliphatic heterocycles. The van der Waals surface area contributed by atoms with Crippen LogP contribution in [0.3, 0.4) is 0 Å². The van der Waals surface area contributed by atoms with Crippen molar-refractivity contribution in [2.45, 2.75) is 32.7 Å². The summed E-state index contributed by atoms with van der Waals surface area (Å²) in [6.07, 6.45) is 6.79. The molecule has 0 bridgehead atoms. The van der Waals surface area contributed by atoms with Crippen LogP contribution in [0.1, 0.15) is 26.2 Å². The average Bonchev–Trinajstić information content (AvgIpc) is 3.12. The molecule has 0 spiro atoms. The molecule has 0 saturated carbocycles. The molecule has 8 nitrogen and oxygen atoms in total. The van der Waals surface area contributed by atoms with E-state index in [2.05, 4.69) is 37.6 Å². The van der Waals surface area contributed by atoms with Gasteiger partial charge in [-0.2, -0.15) is 0 Å². The van der Waals surface area contributed by atoms with Gasteiger partial charge in [0.15, 0.2) is 5.96 Å². The van der Waals surface area contributed by atoms with E-state index in [0.717, 1.165) is 84.2 Å². The number of nitrogens with zero attached hydrogens (tertiary/aromatic N) is 5. The van der Waals surface area contributed by atoms with Crippen LogP contribution < -0.4 is 10.6 Å². The Hall–Kier alpha value is -1.67. The second kappa shape index (κ2) is 11.8. The number of nitrogens with one attached hydrogen (secondary N) is 2. The number of hydrogen-bond donors (Lipinski definition) is 2. The van der Waals surface area contributed by atoms with E-state index in [1.165, 1.54) is 0 Å². The number of unbranched alkanes of at least 4 members (excludes halogenated alkanes) is 1. The molecular formula is C16H31N7O. The monoisotopic (exact) mass is 337 g/mol. The van der Waals surface area contributed by atoms with E-state index in [1.54, 1.807) is 12.7 Å². The molecule has 1 aliphatic rings. The third kappa shape index (κ3) is 7.74. The summed E-state index contributed by atoms with van der Waals surface area (Å²) in [7, 11) is 0. The first-order valence-electron chi connectivity index (χ1n) is 9.03. The second-order valence-electron chi connectivity index (χ2n) is 5.90. The Kier molecular flexibility index (Phi) is 9.18. The van der Waals surface area contributed by atoms with Crippen LogP contribution in [0, 0.1) is 0 Å². The molecule has 1 aromatic rings. The highest BCUT2D eigenvalue weighted by Crippen LogP contribution is 1.98. The van der Waals surface area contributed by atoms with Gasteiger partial charge in [-0.15, -0.1) is 10.2 Å². The molecule has 0 aliphatic carbocycles. The van der Waals surface area contributed by atoms with Crippen LogP contribution in [-0.2, 0) is 11.3 Å². The van der Waals surface area contributed by atoms with Crippen LogP contribution in [0.4, 0.5) is 0 Å². The number of hydrogen-bond acceptors (Lipinski definition) is 5. The molecule has 1 fully saturated rings. The predicted octanol–water partition coefficient (Wildman–Crippen LogP) is 0.336. The first kappa shape index (κ1) is 18.7. The summed E-state index contributed by atoms with van der Waals surface area (Å²) in [5.74, 6) is 0.920. The Morgan fingerprint density at radius 1 is 1.08 bits per heavy atom. The molecule has 0 unspecified atom stereocenters. The summed E-state index contributed by atoms with van der Waals surface area (Å²) in [5.41, 5.74) is 0. The Bertz CT molecular complexity index is 443. The number of guanidine groups is 1. The van der Waals surface area contributed by atoms with Crippen molar-refractivity contribution in [3.8, 4) is 0 Å². The lowest BCUT2D eigenvalue weighted by Gasteiger charge is -2.26. The van der Waals surface area contributed by atoms with Crippen molar-refractivity contribution in [2.75, 3.05) is 52.5 Å². The van der Waals surface area contributed by atoms with Crippen LogP contribution in [0.5, 0.6) is 0 Å². The highest BCUT2D eigenvalue weighted by Gasteiger charge is 2.08. The minimum absolute atomic E-state index is 0.855. The zero-order valence-electron chi connectivity index (χ0n) is 14.8. The number of rotatable bonds is 10. The first-order valence-corrected chi connectivity index (χ1v) is 9.03. The van der Waals surface area contributed by atoms with Crippen LogP contribution in [0.2, 0.25) is 0 Å². The Balaban J connectivity index is 1.55. The van der Waals surface area contributed by atoms with E-state index in [-0.39, 0.29) is 0 Å². The summed E-state index contributed by atoms with van der Waals surface area (Å²) in [4.78, 5) is 7.11. The van der Waals surface area contributed by atoms with Gasteiger partial charge in [0.1, 0.15) is 12.7 Å². The predicted molar refractivity (Wildman–Crippen MR) is 95.1 cm³/mol. The number of aliphatic imine (C=N–C) groups is 1. The van der Waals surface area contributed by atoms with Crippen LogP contribution >= 0.6 is 0 Å². The van der Waals surface area contributed by atoms with Crippen molar-refractivity contribution in [1.82, 2.24) is 30.3 Å². The lowest BCUT2D eigenvalue weighted by molar-refractivity contribution is 0.0377. The maximum Gasteiger partial charge on any atom is 0.191 e. The summed E-state index contributed by atoms with van der Waals surface area (Å²) >= 11 is 0. The number of aromatic nitrogens is 3. The zero-order valence-corrected chi connectivity index (χ0v) is 14.8. The fourth-order valence-corrected chi connectivity index (χ4v) is 2.62. The smallest absolute Gasteiger partial charge is 0.191 e. The number of morpholine rings is 1. The largest absolute Gasteiger partial charge is 0.379 e. The van der Waals surface area contributed by atoms with E-state index in [4.69, 9.17) is 4.74 Å². The van der Waals surface area contributed by atoms with Gasteiger partial charge in [-0.1, -0.05) is 0 Å². The molecule has 2 rings (SSSR count). The Labute approximate surface area is 144 Å². The molecule has 2 heterocycles. The zero-order chi connectivity index (χ0) is 16.9. The SMILES string of the molecule is CCNC(=NCCCN1CCOCC1)NCCCCn1cnnc1. The molecule has 0 amide bonds. The lowest BCUT2D eigenvalue weighted by atomic mass is 10.3. The summed E-state index contributed by atoms with van der Waals surface area (Å²) in [6.45, 7) is 10.7. The maximum absolute atomic E-state index is 5.37. The van der Waals surface area contributed by atoms with Crippen LogP contribution in [0.15, 0.2) is 17.6 Å². The van der Waals surface area contributed by atoms with Gasteiger partial charge in [-0.25, -0.2) is 0 Å². The Morgan fingerprint density at radius 3 is 2.62 bits per heavy atom. The topological polar surface area (TPSA) is 79.6 Å². The summed E-state index contributed by atoms with van der Waals surface area (Å²) in [6, 6.07) is 0. The molecule has 0 atom stereocenters. The molecule has 1 saturated heterocycles. The molecule has 0 aromatic carbocycles. The fraction of sp³-hybridized carbons (Fsp3) is 0.812. The van der Waals surface area contributed by atoms with Gasteiger partial charge in [0.05, 0.1) is 13.2 Å². The van der Waals surface area contributed by atoms with E-state index < -0.39 is 0 Å². The fourth-order valence-electron chi connectivity index (χ4n) is 2.62. The van der Waals surface area contributed by atoms with Gasteiger partial charge in [0.25, 0.3) is 0 Å². The van der Waals surface area contributed by atoms with E-state index in [1.807, 2.05) is 4.57 Å². The minimum Gasteiger partial charge on any atom is -0.379 e. The van der Waals surface area contributed by atoms with Crippen LogP contribution in [0.25, 0.3) is 0 Å². The Morgan fingerprint density at radius 2 is 1.88 bits per heavy atom. The normalized spacial score (nSPS) is 16.3. The highest BCUT2D eigenvalue weighted by atomic mass is 16.5. The van der Waals surface area contributed by atoms with Gasteiger partial charge in [0, 0.05) is 45.8 Å². The average molecular weight is 337 g/mol. The molecule has 1 aromatic heterocycles. The number of aryl methyl sites for hydroxylation is 1.